The molecular formula is C13H16O2. The van der Waals surface area contributed by atoms with E-state index < -0.39 is 0 Å². The van der Waals surface area contributed by atoms with Crippen molar-refractivity contribution in [2.24, 2.45) is 5.92 Å². The number of hydrogen-bond acceptors (Lipinski definition) is 2. The molecule has 15 heavy (non-hydrogen) atoms. The lowest BCUT2D eigenvalue weighted by atomic mass is 9.95. The number of methoxy groups -OCH3 is 1. The second-order valence-electron chi connectivity index (χ2n) is 3.31. The van der Waals surface area contributed by atoms with Crippen molar-refractivity contribution in [3.63, 3.8) is 0 Å². The van der Waals surface area contributed by atoms with Gasteiger partial charge in [0.1, 0.15) is 5.75 Å². The molecule has 0 spiro atoms. The fourth-order valence-electron chi connectivity index (χ4n) is 1.51. The van der Waals surface area contributed by atoms with Crippen molar-refractivity contribution in [3.05, 3.63) is 42.5 Å². The largest absolute Gasteiger partial charge is 0.496 e. The van der Waals surface area contributed by atoms with Crippen molar-refractivity contribution in [1.82, 2.24) is 0 Å². The topological polar surface area (TPSA) is 26.3 Å². The molecule has 2 nitrogen and oxygen atoms in total. The lowest BCUT2D eigenvalue weighted by molar-refractivity contribution is 0.0940. The minimum Gasteiger partial charge on any atom is -0.496 e. The van der Waals surface area contributed by atoms with Gasteiger partial charge >= 0.3 is 0 Å². The number of para-hydroxylation sites is 1. The monoisotopic (exact) mass is 204 g/mol. The van der Waals surface area contributed by atoms with Crippen LogP contribution >= 0.6 is 0 Å². The van der Waals surface area contributed by atoms with Crippen LogP contribution in [0.1, 0.15) is 23.7 Å². The van der Waals surface area contributed by atoms with Crippen molar-refractivity contribution in [1.29, 1.82) is 0 Å². The Morgan fingerprint density at radius 1 is 1.53 bits per heavy atom. The molecule has 0 saturated carbocycles. The van der Waals surface area contributed by atoms with E-state index in [1.54, 1.807) is 25.3 Å². The van der Waals surface area contributed by atoms with E-state index in [2.05, 4.69) is 6.58 Å². The van der Waals surface area contributed by atoms with Crippen molar-refractivity contribution in [2.45, 2.75) is 13.3 Å². The van der Waals surface area contributed by atoms with Gasteiger partial charge in [-0.25, -0.2) is 0 Å². The third kappa shape index (κ3) is 2.46. The van der Waals surface area contributed by atoms with E-state index in [0.29, 0.717) is 11.3 Å². The second kappa shape index (κ2) is 5.35. The predicted octanol–water partition coefficient (Wildman–Crippen LogP) is 3.09. The first-order valence-corrected chi connectivity index (χ1v) is 5.04. The summed E-state index contributed by atoms with van der Waals surface area (Å²) in [6.07, 6.45) is 2.45. The first-order chi connectivity index (χ1) is 7.24. The van der Waals surface area contributed by atoms with Gasteiger partial charge in [-0.05, 0) is 18.6 Å². The highest BCUT2D eigenvalue weighted by Gasteiger charge is 2.18. The van der Waals surface area contributed by atoms with Gasteiger partial charge in [-0.1, -0.05) is 25.1 Å². The Kier molecular flexibility index (Phi) is 4.10. The zero-order chi connectivity index (χ0) is 11.3. The van der Waals surface area contributed by atoms with Crippen LogP contribution in [0.2, 0.25) is 0 Å². The highest BCUT2D eigenvalue weighted by molar-refractivity contribution is 6.01. The Morgan fingerprint density at radius 3 is 2.73 bits per heavy atom. The summed E-state index contributed by atoms with van der Waals surface area (Å²) < 4.78 is 5.15. The van der Waals surface area contributed by atoms with Crippen LogP contribution < -0.4 is 4.74 Å². The Balaban J connectivity index is 3.04. The maximum Gasteiger partial charge on any atom is 0.173 e. The average Bonchev–Trinajstić information content (AvgIpc) is 2.30. The van der Waals surface area contributed by atoms with Gasteiger partial charge in [-0.3, -0.25) is 4.79 Å². The highest BCUT2D eigenvalue weighted by Crippen LogP contribution is 2.22. The number of benzene rings is 1. The molecule has 0 bridgehead atoms. The molecular weight excluding hydrogens is 188 g/mol. The molecule has 1 unspecified atom stereocenters. The number of hydrogen-bond donors (Lipinski definition) is 0. The van der Waals surface area contributed by atoms with Gasteiger partial charge in [-0.15, -0.1) is 6.58 Å². The van der Waals surface area contributed by atoms with Gasteiger partial charge in [0.25, 0.3) is 0 Å². The van der Waals surface area contributed by atoms with E-state index in [1.165, 1.54) is 0 Å². The summed E-state index contributed by atoms with van der Waals surface area (Å²) in [6.45, 7) is 5.64. The third-order valence-electron chi connectivity index (χ3n) is 2.43. The minimum absolute atomic E-state index is 0.0740. The van der Waals surface area contributed by atoms with Crippen molar-refractivity contribution in [2.75, 3.05) is 7.11 Å². The number of allylic oxidation sites excluding steroid dienone is 1. The average molecular weight is 204 g/mol. The van der Waals surface area contributed by atoms with Gasteiger partial charge in [-0.2, -0.15) is 0 Å². The van der Waals surface area contributed by atoms with Gasteiger partial charge in [0.2, 0.25) is 0 Å². The fourth-order valence-corrected chi connectivity index (χ4v) is 1.51. The highest BCUT2D eigenvalue weighted by atomic mass is 16.5. The Labute approximate surface area is 90.6 Å². The Hall–Kier alpha value is -1.57. The number of rotatable bonds is 5. The number of Topliss-reactive ketones (excluding diaryl/α,β-unsaturated/α-hetero) is 1. The van der Waals surface area contributed by atoms with Gasteiger partial charge in [0.05, 0.1) is 12.7 Å². The molecule has 0 amide bonds. The number of ketones is 1. The van der Waals surface area contributed by atoms with Crippen LogP contribution in [0.15, 0.2) is 36.9 Å². The molecule has 0 saturated heterocycles. The SMILES string of the molecule is C=CC(CC)C(=O)c1ccccc1OC. The first-order valence-electron chi connectivity index (χ1n) is 5.04. The maximum absolute atomic E-state index is 12.0. The van der Waals surface area contributed by atoms with Crippen molar-refractivity contribution < 1.29 is 9.53 Å². The summed E-state index contributed by atoms with van der Waals surface area (Å²) in [6, 6.07) is 7.27. The summed E-state index contributed by atoms with van der Waals surface area (Å²) in [4.78, 5) is 12.0. The number of ether oxygens (including phenoxy) is 1. The van der Waals surface area contributed by atoms with Crippen LogP contribution in [0.3, 0.4) is 0 Å². The summed E-state index contributed by atoms with van der Waals surface area (Å²) >= 11 is 0. The smallest absolute Gasteiger partial charge is 0.173 e. The van der Waals surface area contributed by atoms with Crippen LogP contribution in [0, 0.1) is 5.92 Å². The van der Waals surface area contributed by atoms with Crippen LogP contribution in [0.25, 0.3) is 0 Å². The lowest BCUT2D eigenvalue weighted by Gasteiger charge is -2.11. The van der Waals surface area contributed by atoms with Gasteiger partial charge < -0.3 is 4.74 Å². The number of carbonyl (C=O) groups is 1. The third-order valence-corrected chi connectivity index (χ3v) is 2.43. The summed E-state index contributed by atoms with van der Waals surface area (Å²) in [5.41, 5.74) is 0.631. The second-order valence-corrected chi connectivity index (χ2v) is 3.31. The zero-order valence-electron chi connectivity index (χ0n) is 9.19. The predicted molar refractivity (Wildman–Crippen MR) is 61.3 cm³/mol. The van der Waals surface area contributed by atoms with E-state index in [0.717, 1.165) is 6.42 Å². The molecule has 0 fully saturated rings. The normalized spacial score (nSPS) is 11.9. The Morgan fingerprint density at radius 2 is 2.20 bits per heavy atom. The van der Waals surface area contributed by atoms with E-state index in [9.17, 15) is 4.79 Å². The Bertz CT molecular complexity index is 355. The van der Waals surface area contributed by atoms with E-state index in [-0.39, 0.29) is 11.7 Å². The molecule has 1 rings (SSSR count). The van der Waals surface area contributed by atoms with E-state index in [4.69, 9.17) is 4.74 Å². The van der Waals surface area contributed by atoms with Crippen LogP contribution in [-0.2, 0) is 0 Å². The van der Waals surface area contributed by atoms with Crippen molar-refractivity contribution in [3.8, 4) is 5.75 Å². The van der Waals surface area contributed by atoms with E-state index >= 15 is 0 Å². The van der Waals surface area contributed by atoms with Gasteiger partial charge in [0.15, 0.2) is 5.78 Å². The van der Waals surface area contributed by atoms with Gasteiger partial charge in [0, 0.05) is 5.92 Å². The lowest BCUT2D eigenvalue weighted by Crippen LogP contribution is -2.12. The molecule has 1 aromatic rings. The molecule has 0 aliphatic rings. The molecule has 0 aliphatic heterocycles. The molecule has 1 atom stereocenters. The van der Waals surface area contributed by atoms with Crippen LogP contribution in [-0.4, -0.2) is 12.9 Å². The van der Waals surface area contributed by atoms with Crippen LogP contribution in [0.5, 0.6) is 5.75 Å². The standard InChI is InChI=1S/C13H16O2/c1-4-10(5-2)13(14)11-8-6-7-9-12(11)15-3/h4,6-10H,1,5H2,2-3H3. The molecule has 0 aliphatic carbocycles. The number of carbonyl (C=O) groups excluding carboxylic acids is 1. The molecule has 80 valence electrons. The van der Waals surface area contributed by atoms with Crippen LogP contribution in [0.4, 0.5) is 0 Å². The molecule has 1 aromatic carbocycles. The van der Waals surface area contributed by atoms with E-state index in [1.807, 2.05) is 19.1 Å². The summed E-state index contributed by atoms with van der Waals surface area (Å²) in [7, 11) is 1.57. The van der Waals surface area contributed by atoms with Crippen molar-refractivity contribution >= 4 is 5.78 Å². The molecule has 2 heteroatoms. The molecule has 0 radical (unpaired) electrons. The maximum atomic E-state index is 12.0. The summed E-state index contributed by atoms with van der Waals surface area (Å²) in [5.74, 6) is 0.578. The minimum atomic E-state index is -0.124. The summed E-state index contributed by atoms with van der Waals surface area (Å²) in [5, 5.41) is 0. The molecule has 0 N–H and O–H groups in total. The first kappa shape index (κ1) is 11.5. The molecule has 0 aromatic heterocycles. The zero-order valence-corrected chi connectivity index (χ0v) is 9.19. The fraction of sp³-hybridized carbons (Fsp3) is 0.308. The molecule has 0 heterocycles. The quantitative estimate of drug-likeness (QED) is 0.544.